The predicted octanol–water partition coefficient (Wildman–Crippen LogP) is 2.74. The molecule has 1 aromatic carbocycles. The predicted molar refractivity (Wildman–Crippen MR) is 96.3 cm³/mol. The Kier molecular flexibility index (Phi) is 5.42. The van der Waals surface area contributed by atoms with Crippen molar-refractivity contribution in [3.63, 3.8) is 0 Å². The summed E-state index contributed by atoms with van der Waals surface area (Å²) >= 11 is 7.36. The van der Waals surface area contributed by atoms with Gasteiger partial charge in [-0.25, -0.2) is 9.67 Å². The number of hydrogen-bond donors (Lipinski definition) is 2. The number of nitrogens with one attached hydrogen (secondary N) is 2. The van der Waals surface area contributed by atoms with E-state index in [1.165, 1.54) is 28.7 Å². The lowest BCUT2D eigenvalue weighted by molar-refractivity contribution is -0.116. The lowest BCUT2D eigenvalue weighted by Gasteiger charge is -2.11. The van der Waals surface area contributed by atoms with Crippen LogP contribution in [-0.4, -0.2) is 33.1 Å². The summed E-state index contributed by atoms with van der Waals surface area (Å²) in [6.45, 7) is 0.238. The summed E-state index contributed by atoms with van der Waals surface area (Å²) in [5, 5.41) is 11.9. The summed E-state index contributed by atoms with van der Waals surface area (Å²) in [6, 6.07) is 8.62. The third-order valence-corrected chi connectivity index (χ3v) is 4.38. The molecule has 9 heteroatoms. The van der Waals surface area contributed by atoms with Gasteiger partial charge in [-0.3, -0.25) is 9.59 Å². The SMILES string of the molecule is O=C(CCNC(=O)c1cccs1)Nc1cc(Cl)ccc1-n1cncn1. The van der Waals surface area contributed by atoms with Crippen molar-refractivity contribution in [2.45, 2.75) is 6.42 Å². The van der Waals surface area contributed by atoms with Gasteiger partial charge in [-0.1, -0.05) is 17.7 Å². The molecule has 0 saturated carbocycles. The maximum atomic E-state index is 12.2. The second-order valence-corrected chi connectivity index (χ2v) is 6.42. The van der Waals surface area contributed by atoms with Crippen LogP contribution < -0.4 is 10.6 Å². The van der Waals surface area contributed by atoms with Crippen molar-refractivity contribution in [1.82, 2.24) is 20.1 Å². The summed E-state index contributed by atoms with van der Waals surface area (Å²) < 4.78 is 1.53. The van der Waals surface area contributed by atoms with Gasteiger partial charge < -0.3 is 10.6 Å². The first kappa shape index (κ1) is 17.1. The van der Waals surface area contributed by atoms with Crippen molar-refractivity contribution in [1.29, 1.82) is 0 Å². The number of hydrogen-bond acceptors (Lipinski definition) is 5. The first-order chi connectivity index (χ1) is 12.1. The van der Waals surface area contributed by atoms with Crippen LogP contribution >= 0.6 is 22.9 Å². The number of nitrogens with zero attached hydrogens (tertiary/aromatic N) is 3. The molecule has 0 bridgehead atoms. The number of amides is 2. The van der Waals surface area contributed by atoms with E-state index in [-0.39, 0.29) is 24.8 Å². The van der Waals surface area contributed by atoms with E-state index in [9.17, 15) is 9.59 Å². The molecule has 0 unspecified atom stereocenters. The van der Waals surface area contributed by atoms with E-state index in [1.54, 1.807) is 30.3 Å². The molecule has 2 N–H and O–H groups in total. The van der Waals surface area contributed by atoms with Crippen LogP contribution in [-0.2, 0) is 4.79 Å². The lowest BCUT2D eigenvalue weighted by atomic mass is 10.2. The molecule has 2 amide bonds. The fraction of sp³-hybridized carbons (Fsp3) is 0.125. The van der Waals surface area contributed by atoms with Crippen LogP contribution in [0.4, 0.5) is 5.69 Å². The first-order valence-electron chi connectivity index (χ1n) is 7.39. The zero-order valence-corrected chi connectivity index (χ0v) is 14.5. The van der Waals surface area contributed by atoms with Gasteiger partial charge in [0.2, 0.25) is 5.91 Å². The number of carbonyl (C=O) groups excluding carboxylic acids is 2. The van der Waals surface area contributed by atoms with E-state index in [1.807, 2.05) is 5.38 Å². The van der Waals surface area contributed by atoms with E-state index in [4.69, 9.17) is 11.6 Å². The van der Waals surface area contributed by atoms with E-state index in [0.717, 1.165) is 0 Å². The van der Waals surface area contributed by atoms with Crippen molar-refractivity contribution in [3.8, 4) is 5.69 Å². The highest BCUT2D eigenvalue weighted by atomic mass is 35.5. The number of halogens is 1. The second-order valence-electron chi connectivity index (χ2n) is 5.03. The fourth-order valence-electron chi connectivity index (χ4n) is 2.14. The molecular formula is C16H14ClN5O2S. The minimum atomic E-state index is -0.241. The van der Waals surface area contributed by atoms with Crippen molar-refractivity contribution in [2.24, 2.45) is 0 Å². The average Bonchev–Trinajstić information content (AvgIpc) is 3.29. The monoisotopic (exact) mass is 375 g/mol. The van der Waals surface area contributed by atoms with Crippen molar-refractivity contribution < 1.29 is 9.59 Å². The highest BCUT2D eigenvalue weighted by molar-refractivity contribution is 7.12. The minimum absolute atomic E-state index is 0.139. The van der Waals surface area contributed by atoms with Gasteiger partial charge in [-0.2, -0.15) is 5.10 Å². The minimum Gasteiger partial charge on any atom is -0.351 e. The third kappa shape index (κ3) is 4.43. The molecule has 0 aliphatic heterocycles. The number of benzene rings is 1. The number of aromatic nitrogens is 3. The molecule has 0 atom stereocenters. The van der Waals surface area contributed by atoms with Gasteiger partial charge in [0.15, 0.2) is 0 Å². The number of thiophene rings is 1. The largest absolute Gasteiger partial charge is 0.351 e. The number of anilines is 1. The molecule has 0 spiro atoms. The molecule has 0 radical (unpaired) electrons. The third-order valence-electron chi connectivity index (χ3n) is 3.28. The Bertz CT molecular complexity index is 865. The molecule has 0 aliphatic carbocycles. The molecule has 7 nitrogen and oxygen atoms in total. The zero-order chi connectivity index (χ0) is 17.6. The summed E-state index contributed by atoms with van der Waals surface area (Å²) in [4.78, 5) is 28.5. The normalized spacial score (nSPS) is 10.4. The molecule has 3 aromatic rings. The Hall–Kier alpha value is -2.71. The maximum absolute atomic E-state index is 12.2. The highest BCUT2D eigenvalue weighted by Gasteiger charge is 2.11. The summed E-state index contributed by atoms with van der Waals surface area (Å²) in [5.74, 6) is -0.427. The van der Waals surface area contributed by atoms with Gasteiger partial charge in [-0.05, 0) is 29.6 Å². The first-order valence-corrected chi connectivity index (χ1v) is 8.65. The van der Waals surface area contributed by atoms with Crippen LogP contribution in [0.5, 0.6) is 0 Å². The standard InChI is InChI=1S/C16H14ClN5O2S/c17-11-3-4-13(22-10-18-9-20-22)12(8-11)21-15(23)5-6-19-16(24)14-2-1-7-25-14/h1-4,7-10H,5-6H2,(H,19,24)(H,21,23). The van der Waals surface area contributed by atoms with Gasteiger partial charge in [0, 0.05) is 18.0 Å². The van der Waals surface area contributed by atoms with Crippen molar-refractivity contribution in [2.75, 3.05) is 11.9 Å². The van der Waals surface area contributed by atoms with E-state index < -0.39 is 0 Å². The van der Waals surface area contributed by atoms with Crippen LogP contribution in [0, 0.1) is 0 Å². The molecular weight excluding hydrogens is 362 g/mol. The summed E-state index contributed by atoms with van der Waals surface area (Å²) in [7, 11) is 0. The molecule has 3 rings (SSSR count). The zero-order valence-electron chi connectivity index (χ0n) is 13.0. The topological polar surface area (TPSA) is 88.9 Å². The van der Waals surface area contributed by atoms with Crippen LogP contribution in [0.1, 0.15) is 16.1 Å². The van der Waals surface area contributed by atoms with E-state index in [0.29, 0.717) is 21.3 Å². The van der Waals surface area contributed by atoms with E-state index >= 15 is 0 Å². The van der Waals surface area contributed by atoms with Gasteiger partial charge >= 0.3 is 0 Å². The quantitative estimate of drug-likeness (QED) is 0.693. The molecule has 0 fully saturated rings. The number of rotatable bonds is 6. The average molecular weight is 376 g/mol. The van der Waals surface area contributed by atoms with Crippen LogP contribution in [0.3, 0.4) is 0 Å². The van der Waals surface area contributed by atoms with Gasteiger partial charge in [0.05, 0.1) is 16.3 Å². The summed E-state index contributed by atoms with van der Waals surface area (Å²) in [6.07, 6.45) is 3.07. The van der Waals surface area contributed by atoms with Crippen LogP contribution in [0.2, 0.25) is 5.02 Å². The Morgan fingerprint density at radius 1 is 1.28 bits per heavy atom. The van der Waals surface area contributed by atoms with Gasteiger partial charge in [0.1, 0.15) is 12.7 Å². The molecule has 2 heterocycles. The molecule has 0 aliphatic rings. The molecule has 25 heavy (non-hydrogen) atoms. The van der Waals surface area contributed by atoms with Crippen LogP contribution in [0.15, 0.2) is 48.4 Å². The maximum Gasteiger partial charge on any atom is 0.261 e. The molecule has 0 saturated heterocycles. The van der Waals surface area contributed by atoms with Gasteiger partial charge in [0.25, 0.3) is 5.91 Å². The number of carbonyl (C=O) groups is 2. The fourth-order valence-corrected chi connectivity index (χ4v) is 2.95. The second kappa shape index (κ2) is 7.91. The Balaban J connectivity index is 1.59. The van der Waals surface area contributed by atoms with Gasteiger partial charge in [-0.15, -0.1) is 11.3 Å². The Labute approximate surface area is 152 Å². The molecule has 2 aromatic heterocycles. The smallest absolute Gasteiger partial charge is 0.261 e. The van der Waals surface area contributed by atoms with Crippen LogP contribution in [0.25, 0.3) is 5.69 Å². The molecule has 128 valence electrons. The Morgan fingerprint density at radius 3 is 2.88 bits per heavy atom. The Morgan fingerprint density at radius 2 is 2.16 bits per heavy atom. The highest BCUT2D eigenvalue weighted by Crippen LogP contribution is 2.24. The lowest BCUT2D eigenvalue weighted by Crippen LogP contribution is -2.27. The van der Waals surface area contributed by atoms with E-state index in [2.05, 4.69) is 20.7 Å². The van der Waals surface area contributed by atoms with Crippen molar-refractivity contribution >= 4 is 40.4 Å². The summed E-state index contributed by atoms with van der Waals surface area (Å²) in [5.41, 5.74) is 1.17. The van der Waals surface area contributed by atoms with Crippen molar-refractivity contribution in [3.05, 3.63) is 58.3 Å².